The zero-order valence-corrected chi connectivity index (χ0v) is 15.6. The van der Waals surface area contributed by atoms with E-state index in [2.05, 4.69) is 10.3 Å². The van der Waals surface area contributed by atoms with Gasteiger partial charge in [0.05, 0.1) is 22.7 Å². The molecule has 0 bridgehead atoms. The fraction of sp³-hybridized carbons (Fsp3) is 0.231. The van der Waals surface area contributed by atoms with Crippen LogP contribution in [0.25, 0.3) is 0 Å². The number of anilines is 2. The lowest BCUT2D eigenvalue weighted by molar-refractivity contribution is 0.103. The number of sulfonamides is 1. The van der Waals surface area contributed by atoms with Gasteiger partial charge in [-0.2, -0.15) is 0 Å². The molecule has 124 valence electrons. The second-order valence-corrected chi connectivity index (χ2v) is 8.55. The summed E-state index contributed by atoms with van der Waals surface area (Å²) in [6, 6.07) is 4.70. The van der Waals surface area contributed by atoms with Gasteiger partial charge in [0.25, 0.3) is 5.91 Å². The van der Waals surface area contributed by atoms with E-state index >= 15 is 0 Å². The molecule has 10 heteroatoms. The summed E-state index contributed by atoms with van der Waals surface area (Å²) in [6.07, 6.45) is 1.07. The third-order valence-corrected chi connectivity index (χ3v) is 6.00. The number of halogens is 2. The van der Waals surface area contributed by atoms with Gasteiger partial charge in [0, 0.05) is 12.1 Å². The number of thiazole rings is 1. The largest absolute Gasteiger partial charge is 0.320 e. The summed E-state index contributed by atoms with van der Waals surface area (Å²) >= 11 is 12.8. The Morgan fingerprint density at radius 3 is 2.57 bits per heavy atom. The number of amides is 1. The molecule has 1 aromatic heterocycles. The highest BCUT2D eigenvalue weighted by atomic mass is 35.5. The van der Waals surface area contributed by atoms with Crippen LogP contribution in [-0.2, 0) is 10.0 Å². The molecule has 0 aliphatic heterocycles. The van der Waals surface area contributed by atoms with E-state index in [9.17, 15) is 13.2 Å². The molecule has 1 amide bonds. The summed E-state index contributed by atoms with van der Waals surface area (Å²) < 4.78 is 24.1. The highest BCUT2D eigenvalue weighted by Crippen LogP contribution is 2.29. The monoisotopic (exact) mass is 393 g/mol. The van der Waals surface area contributed by atoms with Crippen LogP contribution in [0.5, 0.6) is 0 Å². The van der Waals surface area contributed by atoms with Gasteiger partial charge >= 0.3 is 0 Å². The minimum absolute atomic E-state index is 0.220. The molecule has 2 aromatic rings. The van der Waals surface area contributed by atoms with E-state index < -0.39 is 15.9 Å². The lowest BCUT2D eigenvalue weighted by Crippen LogP contribution is -2.24. The topological polar surface area (TPSA) is 79.4 Å². The number of carbonyl (C=O) groups excluding carboxylic acids is 1. The number of hydrogen-bond acceptors (Lipinski definition) is 5. The van der Waals surface area contributed by atoms with Crippen molar-refractivity contribution < 1.29 is 13.2 Å². The SMILES string of the molecule is Cc1nc(N(C)S(C)(=O)=O)sc1C(=O)Nc1ccc(Cl)cc1Cl. The van der Waals surface area contributed by atoms with Crippen LogP contribution in [0.4, 0.5) is 10.8 Å². The maximum absolute atomic E-state index is 12.4. The first-order valence-corrected chi connectivity index (χ1v) is 9.69. The smallest absolute Gasteiger partial charge is 0.267 e. The van der Waals surface area contributed by atoms with E-state index in [4.69, 9.17) is 23.2 Å². The highest BCUT2D eigenvalue weighted by Gasteiger charge is 2.21. The van der Waals surface area contributed by atoms with Gasteiger partial charge in [0.1, 0.15) is 4.88 Å². The van der Waals surface area contributed by atoms with E-state index in [-0.39, 0.29) is 5.13 Å². The minimum atomic E-state index is -3.44. The molecule has 6 nitrogen and oxygen atoms in total. The first kappa shape index (κ1) is 18.0. The van der Waals surface area contributed by atoms with Crippen LogP contribution < -0.4 is 9.62 Å². The fourth-order valence-electron chi connectivity index (χ4n) is 1.64. The van der Waals surface area contributed by atoms with Crippen LogP contribution in [0.1, 0.15) is 15.4 Å². The summed E-state index contributed by atoms with van der Waals surface area (Å²) in [6.45, 7) is 1.63. The van der Waals surface area contributed by atoms with Gasteiger partial charge in [-0.3, -0.25) is 4.79 Å². The average Bonchev–Trinajstić information content (AvgIpc) is 2.82. The molecule has 0 saturated carbocycles. The third-order valence-electron chi connectivity index (χ3n) is 2.94. The second kappa shape index (κ2) is 6.64. The Balaban J connectivity index is 2.28. The number of nitrogens with zero attached hydrogens (tertiary/aromatic N) is 2. The highest BCUT2D eigenvalue weighted by molar-refractivity contribution is 7.92. The lowest BCUT2D eigenvalue weighted by Gasteiger charge is -2.11. The van der Waals surface area contributed by atoms with Crippen LogP contribution in [0.3, 0.4) is 0 Å². The van der Waals surface area contributed by atoms with Crippen molar-refractivity contribution in [2.24, 2.45) is 0 Å². The van der Waals surface area contributed by atoms with Crippen molar-refractivity contribution in [2.45, 2.75) is 6.92 Å². The number of aromatic nitrogens is 1. The first-order chi connectivity index (χ1) is 10.6. The van der Waals surface area contributed by atoms with Gasteiger partial charge in [-0.15, -0.1) is 0 Å². The van der Waals surface area contributed by atoms with E-state index in [1.54, 1.807) is 19.1 Å². The van der Waals surface area contributed by atoms with Crippen molar-refractivity contribution in [2.75, 3.05) is 22.9 Å². The van der Waals surface area contributed by atoms with Gasteiger partial charge in [-0.05, 0) is 25.1 Å². The number of carbonyl (C=O) groups is 1. The Morgan fingerprint density at radius 1 is 1.35 bits per heavy atom. The molecular weight excluding hydrogens is 381 g/mol. The van der Waals surface area contributed by atoms with E-state index in [0.29, 0.717) is 26.3 Å². The van der Waals surface area contributed by atoms with Crippen molar-refractivity contribution >= 4 is 61.3 Å². The molecule has 23 heavy (non-hydrogen) atoms. The molecule has 1 aromatic carbocycles. The number of benzene rings is 1. The third kappa shape index (κ3) is 4.14. The quantitative estimate of drug-likeness (QED) is 0.862. The molecule has 0 spiro atoms. The van der Waals surface area contributed by atoms with Crippen LogP contribution in [-0.4, -0.2) is 32.6 Å². The van der Waals surface area contributed by atoms with Crippen LogP contribution >= 0.6 is 34.5 Å². The lowest BCUT2D eigenvalue weighted by atomic mass is 10.3. The summed E-state index contributed by atoms with van der Waals surface area (Å²) in [4.78, 5) is 16.8. The molecule has 0 unspecified atom stereocenters. The van der Waals surface area contributed by atoms with E-state index in [1.807, 2.05) is 0 Å². The molecule has 0 fully saturated rings. The molecule has 1 heterocycles. The summed E-state index contributed by atoms with van der Waals surface area (Å²) in [5.41, 5.74) is 0.843. The molecule has 0 aliphatic rings. The molecular formula is C13H13Cl2N3O3S2. The maximum atomic E-state index is 12.4. The molecule has 2 rings (SSSR count). The van der Waals surface area contributed by atoms with Crippen molar-refractivity contribution in [3.63, 3.8) is 0 Å². The maximum Gasteiger partial charge on any atom is 0.267 e. The summed E-state index contributed by atoms with van der Waals surface area (Å²) in [5.74, 6) is -0.419. The molecule has 0 saturated heterocycles. The molecule has 0 radical (unpaired) electrons. The standard InChI is InChI=1S/C13H13Cl2N3O3S2/c1-7-11(22-13(16-7)18(2)23(3,20)21)12(19)17-10-5-4-8(14)6-9(10)15/h4-6H,1-3H3,(H,17,19). The zero-order chi connectivity index (χ0) is 17.4. The van der Waals surface area contributed by atoms with Crippen molar-refractivity contribution in [1.82, 2.24) is 4.98 Å². The van der Waals surface area contributed by atoms with E-state index in [0.717, 1.165) is 21.9 Å². The molecule has 0 atom stereocenters. The van der Waals surface area contributed by atoms with Crippen LogP contribution in [0, 0.1) is 6.92 Å². The van der Waals surface area contributed by atoms with Crippen LogP contribution in [0.15, 0.2) is 18.2 Å². The number of nitrogens with one attached hydrogen (secondary N) is 1. The second-order valence-electron chi connectivity index (χ2n) is 4.72. The van der Waals surface area contributed by atoms with Gasteiger partial charge in [0.2, 0.25) is 10.0 Å². The number of aryl methyl sites for hydroxylation is 1. The Labute approximate surface area is 148 Å². The van der Waals surface area contributed by atoms with Crippen molar-refractivity contribution in [3.8, 4) is 0 Å². The zero-order valence-electron chi connectivity index (χ0n) is 12.4. The van der Waals surface area contributed by atoms with Crippen molar-refractivity contribution in [1.29, 1.82) is 0 Å². The number of rotatable bonds is 4. The normalized spacial score (nSPS) is 11.3. The Morgan fingerprint density at radius 2 is 2.00 bits per heavy atom. The van der Waals surface area contributed by atoms with E-state index in [1.165, 1.54) is 13.1 Å². The summed E-state index contributed by atoms with van der Waals surface area (Å²) in [5, 5.41) is 3.64. The average molecular weight is 394 g/mol. The Kier molecular flexibility index (Phi) is 5.20. The predicted octanol–water partition coefficient (Wildman–Crippen LogP) is 3.41. The minimum Gasteiger partial charge on any atom is -0.320 e. The molecule has 1 N–H and O–H groups in total. The Bertz CT molecular complexity index is 865. The fourth-order valence-corrected chi connectivity index (χ4v) is 3.77. The van der Waals surface area contributed by atoms with Gasteiger partial charge < -0.3 is 5.32 Å². The van der Waals surface area contributed by atoms with Crippen LogP contribution in [0.2, 0.25) is 10.0 Å². The van der Waals surface area contributed by atoms with Gasteiger partial charge in [-0.25, -0.2) is 17.7 Å². The van der Waals surface area contributed by atoms with Crippen molar-refractivity contribution in [3.05, 3.63) is 38.8 Å². The summed E-state index contributed by atoms with van der Waals surface area (Å²) in [7, 11) is -2.06. The first-order valence-electron chi connectivity index (χ1n) is 6.27. The van der Waals surface area contributed by atoms with Gasteiger partial charge in [0.15, 0.2) is 5.13 Å². The molecule has 0 aliphatic carbocycles. The Hall–Kier alpha value is -1.35. The van der Waals surface area contributed by atoms with Gasteiger partial charge in [-0.1, -0.05) is 34.5 Å². The predicted molar refractivity (Wildman–Crippen MR) is 94.5 cm³/mol. The number of hydrogen-bond donors (Lipinski definition) is 1.